The summed E-state index contributed by atoms with van der Waals surface area (Å²) in [7, 11) is 0. The van der Waals surface area contributed by atoms with Crippen molar-refractivity contribution in [2.24, 2.45) is 11.8 Å². The van der Waals surface area contributed by atoms with E-state index in [1.165, 1.54) is 66.4 Å². The number of benzene rings is 5. The molecule has 6 aromatic rings. The fourth-order valence-corrected chi connectivity index (χ4v) is 8.77. The van der Waals surface area contributed by atoms with Gasteiger partial charge in [0.1, 0.15) is 0 Å². The molecule has 0 aliphatic heterocycles. The van der Waals surface area contributed by atoms with Crippen molar-refractivity contribution in [1.82, 2.24) is 4.57 Å². The molecule has 2 aliphatic carbocycles. The highest BCUT2D eigenvalue weighted by molar-refractivity contribution is 6.09. The number of aromatic nitrogens is 1. The van der Waals surface area contributed by atoms with Gasteiger partial charge in [-0.1, -0.05) is 137 Å². The molecule has 1 aromatic heterocycles. The molecule has 240 valence electrons. The molecule has 0 fully saturated rings. The number of hydrogen-bond donors (Lipinski definition) is 0. The third kappa shape index (κ3) is 5.44. The second kappa shape index (κ2) is 12.4. The zero-order valence-corrected chi connectivity index (χ0v) is 29.1. The van der Waals surface area contributed by atoms with Crippen LogP contribution in [0, 0.1) is 11.8 Å². The van der Waals surface area contributed by atoms with Crippen LogP contribution in [-0.2, 0) is 12.8 Å². The Kier molecular flexibility index (Phi) is 7.95. The van der Waals surface area contributed by atoms with Gasteiger partial charge in [0.25, 0.3) is 0 Å². The van der Waals surface area contributed by atoms with E-state index in [4.69, 9.17) is 0 Å². The second-order valence-corrected chi connectivity index (χ2v) is 15.2. The highest BCUT2D eigenvalue weighted by Crippen LogP contribution is 2.52. The van der Waals surface area contributed by atoms with Crippen molar-refractivity contribution in [2.75, 3.05) is 0 Å². The first kappa shape index (κ1) is 30.7. The Morgan fingerprint density at radius 2 is 1.38 bits per heavy atom. The van der Waals surface area contributed by atoms with Crippen molar-refractivity contribution < 1.29 is 0 Å². The minimum atomic E-state index is 0.338. The average Bonchev–Trinajstić information content (AvgIpc) is 3.42. The normalized spacial score (nSPS) is 18.8. The molecule has 0 radical (unpaired) electrons. The van der Waals surface area contributed by atoms with E-state index in [0.717, 1.165) is 19.3 Å². The van der Waals surface area contributed by atoms with Crippen molar-refractivity contribution in [3.63, 3.8) is 0 Å². The van der Waals surface area contributed by atoms with E-state index in [0.29, 0.717) is 29.6 Å². The quantitative estimate of drug-likeness (QED) is 0.166. The fourth-order valence-electron chi connectivity index (χ4n) is 8.77. The maximum Gasteiger partial charge on any atom is 0.0541 e. The number of rotatable bonds is 7. The Morgan fingerprint density at radius 1 is 0.646 bits per heavy atom. The number of allylic oxidation sites excluding steroid dienone is 4. The number of hydrogen-bond acceptors (Lipinski definition) is 0. The second-order valence-electron chi connectivity index (χ2n) is 15.2. The Hall–Kier alpha value is -4.62. The molecule has 1 heteroatoms. The van der Waals surface area contributed by atoms with Gasteiger partial charge < -0.3 is 4.57 Å². The molecule has 0 N–H and O–H groups in total. The summed E-state index contributed by atoms with van der Waals surface area (Å²) in [5.41, 5.74) is 15.4. The van der Waals surface area contributed by atoms with E-state index in [1.54, 1.807) is 5.57 Å². The minimum Gasteiger partial charge on any atom is -0.309 e. The molecular formula is C47H47N. The SMILES string of the molecule is CC(C)Cc1ccc2c(c1)-c1ccccc1C(C1=CC=CC(c3cccc(-n4c5ccccc5c5cc(CC(C)C)ccc54)c3)C1)C2C. The largest absolute Gasteiger partial charge is 0.309 e. The molecule has 3 atom stereocenters. The summed E-state index contributed by atoms with van der Waals surface area (Å²) in [4.78, 5) is 0. The summed E-state index contributed by atoms with van der Waals surface area (Å²) in [5.74, 6) is 2.42. The van der Waals surface area contributed by atoms with Crippen LogP contribution in [0.25, 0.3) is 38.6 Å². The molecule has 0 saturated carbocycles. The standard InChI is InChI=1S/C47H47N/c1-30(2)24-33-20-22-39-32(5)47(42-18-7-6-16-40(42)43(39)26-33)37-14-10-12-35(28-37)36-13-11-15-38(29-36)48-45-19-9-8-17-41(45)44-27-34(25-31(3)4)21-23-46(44)48/h6-23,26-27,29-32,35,47H,24-25,28H2,1-5H3. The highest BCUT2D eigenvalue weighted by atomic mass is 15.0. The summed E-state index contributed by atoms with van der Waals surface area (Å²) in [6, 6.07) is 41.8. The van der Waals surface area contributed by atoms with E-state index in [-0.39, 0.29) is 0 Å². The molecular weight excluding hydrogens is 579 g/mol. The van der Waals surface area contributed by atoms with Crippen molar-refractivity contribution in [1.29, 1.82) is 0 Å². The molecule has 3 unspecified atom stereocenters. The van der Waals surface area contributed by atoms with Gasteiger partial charge in [0.15, 0.2) is 0 Å². The summed E-state index contributed by atoms with van der Waals surface area (Å²) in [6.45, 7) is 11.7. The fraction of sp³-hybridized carbons (Fsp3) is 0.277. The average molecular weight is 626 g/mol. The number of fused-ring (bicyclic) bond motifs is 6. The molecule has 1 nitrogen and oxygen atoms in total. The maximum absolute atomic E-state index is 2.48. The van der Waals surface area contributed by atoms with E-state index in [1.807, 2.05) is 0 Å². The lowest BCUT2D eigenvalue weighted by Gasteiger charge is -2.37. The maximum atomic E-state index is 2.48. The molecule has 48 heavy (non-hydrogen) atoms. The molecule has 0 bridgehead atoms. The minimum absolute atomic E-state index is 0.338. The van der Waals surface area contributed by atoms with Crippen LogP contribution in [0.2, 0.25) is 0 Å². The first-order valence-electron chi connectivity index (χ1n) is 18.1. The van der Waals surface area contributed by atoms with Crippen molar-refractivity contribution in [3.8, 4) is 16.8 Å². The summed E-state index contributed by atoms with van der Waals surface area (Å²) >= 11 is 0. The molecule has 2 aliphatic rings. The van der Waals surface area contributed by atoms with Gasteiger partial charge in [-0.25, -0.2) is 0 Å². The third-order valence-electron chi connectivity index (χ3n) is 10.8. The van der Waals surface area contributed by atoms with Gasteiger partial charge in [0.2, 0.25) is 0 Å². The predicted octanol–water partition coefficient (Wildman–Crippen LogP) is 12.7. The van der Waals surface area contributed by atoms with E-state index >= 15 is 0 Å². The molecule has 0 spiro atoms. The van der Waals surface area contributed by atoms with E-state index < -0.39 is 0 Å². The van der Waals surface area contributed by atoms with Gasteiger partial charge in [-0.2, -0.15) is 0 Å². The van der Waals surface area contributed by atoms with Gasteiger partial charge in [-0.15, -0.1) is 0 Å². The van der Waals surface area contributed by atoms with Gasteiger partial charge >= 0.3 is 0 Å². The summed E-state index contributed by atoms with van der Waals surface area (Å²) in [6.07, 6.45) is 10.4. The summed E-state index contributed by atoms with van der Waals surface area (Å²) in [5, 5.41) is 2.67. The first-order valence-corrected chi connectivity index (χ1v) is 18.1. The number of para-hydroxylation sites is 1. The molecule has 5 aromatic carbocycles. The zero-order chi connectivity index (χ0) is 32.9. The predicted molar refractivity (Wildman–Crippen MR) is 205 cm³/mol. The lowest BCUT2D eigenvalue weighted by Crippen LogP contribution is -2.20. The Labute approximate surface area is 286 Å². The van der Waals surface area contributed by atoms with E-state index in [9.17, 15) is 0 Å². The van der Waals surface area contributed by atoms with Crippen LogP contribution in [0.3, 0.4) is 0 Å². The Morgan fingerprint density at radius 3 is 2.21 bits per heavy atom. The van der Waals surface area contributed by atoms with Gasteiger partial charge in [-0.3, -0.25) is 0 Å². The van der Waals surface area contributed by atoms with Crippen molar-refractivity contribution in [2.45, 2.75) is 71.6 Å². The highest BCUT2D eigenvalue weighted by Gasteiger charge is 2.34. The van der Waals surface area contributed by atoms with Gasteiger partial charge in [-0.05, 0) is 106 Å². The Bertz CT molecular complexity index is 2200. The molecule has 0 amide bonds. The van der Waals surface area contributed by atoms with Gasteiger partial charge in [0.05, 0.1) is 11.0 Å². The van der Waals surface area contributed by atoms with Crippen LogP contribution >= 0.6 is 0 Å². The topological polar surface area (TPSA) is 4.93 Å². The van der Waals surface area contributed by atoms with Crippen LogP contribution in [0.5, 0.6) is 0 Å². The van der Waals surface area contributed by atoms with Gasteiger partial charge in [0, 0.05) is 28.3 Å². The Balaban J connectivity index is 1.14. The monoisotopic (exact) mass is 625 g/mol. The van der Waals surface area contributed by atoms with Crippen LogP contribution in [-0.4, -0.2) is 4.57 Å². The van der Waals surface area contributed by atoms with Crippen LogP contribution in [0.1, 0.15) is 86.6 Å². The first-order chi connectivity index (χ1) is 23.4. The van der Waals surface area contributed by atoms with Crippen LogP contribution in [0.15, 0.2) is 133 Å². The molecule has 1 heterocycles. The smallest absolute Gasteiger partial charge is 0.0541 e. The lowest BCUT2D eigenvalue weighted by atomic mass is 9.67. The lowest BCUT2D eigenvalue weighted by molar-refractivity contribution is 0.599. The van der Waals surface area contributed by atoms with Crippen LogP contribution < -0.4 is 0 Å². The van der Waals surface area contributed by atoms with E-state index in [2.05, 4.69) is 167 Å². The zero-order valence-electron chi connectivity index (χ0n) is 29.1. The summed E-state index contributed by atoms with van der Waals surface area (Å²) < 4.78 is 2.47. The van der Waals surface area contributed by atoms with Crippen molar-refractivity contribution >= 4 is 21.8 Å². The molecule has 0 saturated heterocycles. The molecule has 8 rings (SSSR count). The number of nitrogens with zero attached hydrogens (tertiary/aromatic N) is 1. The third-order valence-corrected chi connectivity index (χ3v) is 10.8. The van der Waals surface area contributed by atoms with Crippen LogP contribution in [0.4, 0.5) is 0 Å². The van der Waals surface area contributed by atoms with Crippen molar-refractivity contribution in [3.05, 3.63) is 161 Å².